The van der Waals surface area contributed by atoms with E-state index in [2.05, 4.69) is 16.3 Å². The molecule has 0 spiro atoms. The second-order valence-electron chi connectivity index (χ2n) is 2.66. The van der Waals surface area contributed by atoms with E-state index in [9.17, 15) is 4.79 Å². The summed E-state index contributed by atoms with van der Waals surface area (Å²) >= 11 is 1.18. The summed E-state index contributed by atoms with van der Waals surface area (Å²) in [5.74, 6) is -0.929. The van der Waals surface area contributed by atoms with E-state index in [1.807, 2.05) is 6.92 Å². The monoisotopic (exact) mass is 212 g/mol. The molecule has 5 heteroatoms. The molecular weight excluding hydrogens is 200 g/mol. The minimum atomic E-state index is -0.929. The molecule has 0 amide bonds. The second kappa shape index (κ2) is 4.76. The summed E-state index contributed by atoms with van der Waals surface area (Å²) in [7, 11) is 0. The number of hydrogen-bond donors (Lipinski definition) is 2. The molecule has 0 aliphatic heterocycles. The van der Waals surface area contributed by atoms with Crippen molar-refractivity contribution in [3.8, 4) is 0 Å². The third kappa shape index (κ3) is 2.11. The van der Waals surface area contributed by atoms with Crippen LogP contribution in [0.4, 0.5) is 5.00 Å². The number of carboxylic acid groups (broad SMARTS) is 1. The fourth-order valence-electron chi connectivity index (χ4n) is 1.07. The van der Waals surface area contributed by atoms with E-state index in [0.29, 0.717) is 29.2 Å². The highest BCUT2D eigenvalue weighted by atomic mass is 32.1. The first-order valence-corrected chi connectivity index (χ1v) is 5.04. The lowest BCUT2D eigenvalue weighted by Gasteiger charge is -2.00. The van der Waals surface area contributed by atoms with Gasteiger partial charge in [-0.25, -0.2) is 4.79 Å². The number of hydrogen-bond acceptors (Lipinski definition) is 4. The molecule has 1 heterocycles. The number of rotatable bonds is 5. The summed E-state index contributed by atoms with van der Waals surface area (Å²) in [6.07, 6.45) is 2.31. The largest absolute Gasteiger partial charge is 0.478 e. The van der Waals surface area contributed by atoms with Gasteiger partial charge in [-0.1, -0.05) is 13.0 Å². The summed E-state index contributed by atoms with van der Waals surface area (Å²) in [5, 5.41) is 12.5. The average molecular weight is 212 g/mol. The van der Waals surface area contributed by atoms with Crippen LogP contribution in [-0.2, 0) is 6.42 Å². The Labute approximate surface area is 86.4 Å². The predicted molar refractivity (Wildman–Crippen MR) is 57.1 cm³/mol. The first kappa shape index (κ1) is 10.7. The molecule has 1 rings (SSSR count). The fraction of sp³-hybridized carbons (Fsp3) is 0.333. The van der Waals surface area contributed by atoms with Crippen LogP contribution >= 0.6 is 11.5 Å². The SMILES string of the molecule is C=CCNc1snc(CC)c1C(=O)O. The van der Waals surface area contributed by atoms with E-state index >= 15 is 0 Å². The lowest BCUT2D eigenvalue weighted by Crippen LogP contribution is -2.05. The second-order valence-corrected chi connectivity index (χ2v) is 3.44. The first-order chi connectivity index (χ1) is 6.70. The maximum atomic E-state index is 10.9. The van der Waals surface area contributed by atoms with Gasteiger partial charge in [-0.2, -0.15) is 4.37 Å². The lowest BCUT2D eigenvalue weighted by molar-refractivity contribution is 0.0697. The van der Waals surface area contributed by atoms with Gasteiger partial charge in [0.15, 0.2) is 0 Å². The number of aromatic nitrogens is 1. The van der Waals surface area contributed by atoms with Gasteiger partial charge in [0.05, 0.1) is 5.69 Å². The third-order valence-electron chi connectivity index (χ3n) is 1.72. The molecule has 0 aliphatic rings. The molecule has 0 radical (unpaired) electrons. The zero-order chi connectivity index (χ0) is 10.6. The summed E-state index contributed by atoms with van der Waals surface area (Å²) in [4.78, 5) is 10.9. The van der Waals surface area contributed by atoms with Crippen LogP contribution in [0, 0.1) is 0 Å². The topological polar surface area (TPSA) is 62.2 Å². The summed E-state index contributed by atoms with van der Waals surface area (Å²) in [5.41, 5.74) is 0.924. The zero-order valence-electron chi connectivity index (χ0n) is 7.91. The van der Waals surface area contributed by atoms with E-state index in [4.69, 9.17) is 5.11 Å². The van der Waals surface area contributed by atoms with Gasteiger partial charge in [0.2, 0.25) is 0 Å². The molecule has 0 fully saturated rings. The van der Waals surface area contributed by atoms with Crippen molar-refractivity contribution in [2.45, 2.75) is 13.3 Å². The van der Waals surface area contributed by atoms with Crippen molar-refractivity contribution in [1.29, 1.82) is 0 Å². The highest BCUT2D eigenvalue weighted by Gasteiger charge is 2.18. The molecule has 0 aliphatic carbocycles. The maximum Gasteiger partial charge on any atom is 0.340 e. The molecule has 0 saturated heterocycles. The van der Waals surface area contributed by atoms with Gasteiger partial charge in [0.1, 0.15) is 10.6 Å². The summed E-state index contributed by atoms with van der Waals surface area (Å²) < 4.78 is 4.07. The lowest BCUT2D eigenvalue weighted by atomic mass is 10.2. The minimum Gasteiger partial charge on any atom is -0.478 e. The van der Waals surface area contributed by atoms with Crippen molar-refractivity contribution in [2.24, 2.45) is 0 Å². The Morgan fingerprint density at radius 3 is 3.00 bits per heavy atom. The Morgan fingerprint density at radius 2 is 2.50 bits per heavy atom. The Balaban J connectivity index is 2.98. The van der Waals surface area contributed by atoms with Gasteiger partial charge in [-0.15, -0.1) is 6.58 Å². The Bertz CT molecular complexity index is 347. The van der Waals surface area contributed by atoms with Crippen LogP contribution < -0.4 is 5.32 Å². The Kier molecular flexibility index (Phi) is 3.64. The van der Waals surface area contributed by atoms with Crippen molar-refractivity contribution < 1.29 is 9.90 Å². The molecular formula is C9H12N2O2S. The van der Waals surface area contributed by atoms with Gasteiger partial charge < -0.3 is 10.4 Å². The number of aromatic carboxylic acids is 1. The van der Waals surface area contributed by atoms with Crippen LogP contribution in [0.2, 0.25) is 0 Å². The molecule has 4 nitrogen and oxygen atoms in total. The summed E-state index contributed by atoms with van der Waals surface area (Å²) in [6.45, 7) is 5.99. The molecule has 14 heavy (non-hydrogen) atoms. The molecule has 0 aromatic carbocycles. The molecule has 76 valence electrons. The third-order valence-corrected chi connectivity index (χ3v) is 2.56. The van der Waals surface area contributed by atoms with Crippen LogP contribution in [-0.4, -0.2) is 22.0 Å². The fourth-order valence-corrected chi connectivity index (χ4v) is 1.94. The number of carbonyl (C=O) groups is 1. The van der Waals surface area contributed by atoms with Crippen molar-refractivity contribution >= 4 is 22.5 Å². The summed E-state index contributed by atoms with van der Waals surface area (Å²) in [6, 6.07) is 0. The van der Waals surface area contributed by atoms with Crippen molar-refractivity contribution in [3.05, 3.63) is 23.9 Å². The Hall–Kier alpha value is -1.36. The van der Waals surface area contributed by atoms with Crippen LogP contribution in [0.1, 0.15) is 23.0 Å². The molecule has 1 aromatic rings. The van der Waals surface area contributed by atoms with Gasteiger partial charge in [-0.3, -0.25) is 0 Å². The van der Waals surface area contributed by atoms with E-state index < -0.39 is 5.97 Å². The zero-order valence-corrected chi connectivity index (χ0v) is 8.73. The van der Waals surface area contributed by atoms with Crippen LogP contribution in [0.3, 0.4) is 0 Å². The predicted octanol–water partition coefficient (Wildman–Crippen LogP) is 2.00. The molecule has 2 N–H and O–H groups in total. The molecule has 0 atom stereocenters. The smallest absolute Gasteiger partial charge is 0.340 e. The molecule has 1 aromatic heterocycles. The van der Waals surface area contributed by atoms with Crippen molar-refractivity contribution in [3.63, 3.8) is 0 Å². The normalized spacial score (nSPS) is 9.79. The van der Waals surface area contributed by atoms with E-state index in [0.717, 1.165) is 0 Å². The van der Waals surface area contributed by atoms with Crippen molar-refractivity contribution in [1.82, 2.24) is 4.37 Å². The van der Waals surface area contributed by atoms with Crippen LogP contribution in [0.15, 0.2) is 12.7 Å². The number of nitrogens with zero attached hydrogens (tertiary/aromatic N) is 1. The van der Waals surface area contributed by atoms with Gasteiger partial charge in [-0.05, 0) is 18.0 Å². The van der Waals surface area contributed by atoms with Gasteiger partial charge in [0, 0.05) is 6.54 Å². The first-order valence-electron chi connectivity index (χ1n) is 4.27. The van der Waals surface area contributed by atoms with Gasteiger partial charge >= 0.3 is 5.97 Å². The highest BCUT2D eigenvalue weighted by Crippen LogP contribution is 2.25. The number of anilines is 1. The number of aryl methyl sites for hydroxylation is 1. The van der Waals surface area contributed by atoms with Crippen LogP contribution in [0.25, 0.3) is 0 Å². The van der Waals surface area contributed by atoms with E-state index in [1.54, 1.807) is 6.08 Å². The molecule has 0 bridgehead atoms. The number of carboxylic acids is 1. The highest BCUT2D eigenvalue weighted by molar-refractivity contribution is 7.10. The number of nitrogens with one attached hydrogen (secondary N) is 1. The van der Waals surface area contributed by atoms with E-state index in [1.165, 1.54) is 11.5 Å². The average Bonchev–Trinajstić information content (AvgIpc) is 2.57. The quantitative estimate of drug-likeness (QED) is 0.733. The van der Waals surface area contributed by atoms with Gasteiger partial charge in [0.25, 0.3) is 0 Å². The van der Waals surface area contributed by atoms with E-state index in [-0.39, 0.29) is 0 Å². The minimum absolute atomic E-state index is 0.291. The maximum absolute atomic E-state index is 10.9. The van der Waals surface area contributed by atoms with Crippen molar-refractivity contribution in [2.75, 3.05) is 11.9 Å². The molecule has 0 saturated carbocycles. The Morgan fingerprint density at radius 1 is 1.79 bits per heavy atom. The molecule has 0 unspecified atom stereocenters. The standard InChI is InChI=1S/C9H12N2O2S/c1-3-5-10-8-7(9(12)13)6(4-2)11-14-8/h3,10H,1,4-5H2,2H3,(H,12,13). The van der Waals surface area contributed by atoms with Crippen LogP contribution in [0.5, 0.6) is 0 Å².